The Labute approximate surface area is 168 Å². The van der Waals surface area contributed by atoms with Crippen LogP contribution in [0, 0.1) is 5.92 Å². The quantitative estimate of drug-likeness (QED) is 0.553. The maximum Gasteiger partial charge on any atom is 0.419 e. The first-order valence-electron chi connectivity index (χ1n) is 9.06. The van der Waals surface area contributed by atoms with Crippen LogP contribution in [0.1, 0.15) is 24.0 Å². The van der Waals surface area contributed by atoms with Crippen molar-refractivity contribution in [3.8, 4) is 0 Å². The van der Waals surface area contributed by atoms with Crippen LogP contribution >= 0.6 is 0 Å². The largest absolute Gasteiger partial charge is 0.419 e. The Balaban J connectivity index is 1.66. The lowest BCUT2D eigenvalue weighted by atomic mass is 9.97. The summed E-state index contributed by atoms with van der Waals surface area (Å²) in [6.45, 7) is 0.321. The van der Waals surface area contributed by atoms with Gasteiger partial charge in [-0.25, -0.2) is 4.98 Å². The Hall–Kier alpha value is -2.98. The molecule has 0 bridgehead atoms. The molecule has 0 radical (unpaired) electrons. The van der Waals surface area contributed by atoms with E-state index in [4.69, 9.17) is 0 Å². The molecular formula is C19H18F6N4O. The van der Waals surface area contributed by atoms with Crippen LogP contribution in [0.25, 0.3) is 0 Å². The first-order chi connectivity index (χ1) is 14.1. The zero-order valence-electron chi connectivity index (χ0n) is 15.5. The van der Waals surface area contributed by atoms with Gasteiger partial charge in [0.1, 0.15) is 5.82 Å². The van der Waals surface area contributed by atoms with Crippen molar-refractivity contribution in [1.82, 2.24) is 10.4 Å². The van der Waals surface area contributed by atoms with Gasteiger partial charge in [0.15, 0.2) is 0 Å². The fourth-order valence-corrected chi connectivity index (χ4v) is 3.26. The molecule has 1 atom stereocenters. The number of nitrogens with zero attached hydrogens (tertiary/aromatic N) is 2. The van der Waals surface area contributed by atoms with Gasteiger partial charge >= 0.3 is 12.4 Å². The zero-order chi connectivity index (χ0) is 21.9. The molecule has 1 aliphatic rings. The van der Waals surface area contributed by atoms with Crippen LogP contribution in [0.2, 0.25) is 0 Å². The summed E-state index contributed by atoms with van der Waals surface area (Å²) in [6.07, 6.45) is -6.95. The molecule has 1 saturated heterocycles. The number of hydrazine groups is 1. The third-order valence-electron chi connectivity index (χ3n) is 4.70. The second kappa shape index (κ2) is 8.41. The van der Waals surface area contributed by atoms with Crippen LogP contribution in [-0.4, -0.2) is 24.0 Å². The van der Waals surface area contributed by atoms with Crippen molar-refractivity contribution in [3.63, 3.8) is 0 Å². The van der Waals surface area contributed by atoms with Gasteiger partial charge in [-0.1, -0.05) is 6.07 Å². The van der Waals surface area contributed by atoms with Crippen molar-refractivity contribution in [1.29, 1.82) is 0 Å². The molecule has 1 aliphatic heterocycles. The number of pyridine rings is 1. The summed E-state index contributed by atoms with van der Waals surface area (Å²) in [6, 6.07) is 6.42. The first kappa shape index (κ1) is 21.7. The van der Waals surface area contributed by atoms with Gasteiger partial charge in [0.05, 0.1) is 22.7 Å². The molecule has 5 nitrogen and oxygen atoms in total. The molecule has 0 aliphatic carbocycles. The van der Waals surface area contributed by atoms with E-state index in [0.29, 0.717) is 19.4 Å². The predicted octanol–water partition coefficient (Wildman–Crippen LogP) is 4.48. The summed E-state index contributed by atoms with van der Waals surface area (Å²) in [4.78, 5) is 17.7. The minimum absolute atomic E-state index is 0.0101. The average molecular weight is 432 g/mol. The molecule has 1 amide bonds. The lowest BCUT2D eigenvalue weighted by molar-refractivity contribution is -0.138. The number of aromatic nitrogens is 1. The molecular weight excluding hydrogens is 414 g/mol. The predicted molar refractivity (Wildman–Crippen MR) is 97.4 cm³/mol. The number of halogens is 6. The normalized spacial score (nSPS) is 17.5. The number of hydrogen-bond donors (Lipinski definition) is 2. The average Bonchev–Trinajstić information content (AvgIpc) is 2.71. The molecule has 162 valence electrons. The van der Waals surface area contributed by atoms with Gasteiger partial charge in [-0.05, 0) is 43.2 Å². The van der Waals surface area contributed by atoms with Crippen molar-refractivity contribution in [2.24, 2.45) is 5.92 Å². The van der Waals surface area contributed by atoms with Crippen molar-refractivity contribution in [3.05, 3.63) is 53.7 Å². The minimum atomic E-state index is -4.58. The number of rotatable bonds is 4. The van der Waals surface area contributed by atoms with Gasteiger partial charge in [-0.15, -0.1) is 0 Å². The Morgan fingerprint density at radius 3 is 2.53 bits per heavy atom. The number of carbonyl (C=O) groups excluding carboxylic acids is 1. The lowest BCUT2D eigenvalue weighted by Crippen LogP contribution is -2.45. The van der Waals surface area contributed by atoms with E-state index >= 15 is 0 Å². The molecule has 1 unspecified atom stereocenters. The van der Waals surface area contributed by atoms with Crippen molar-refractivity contribution < 1.29 is 31.1 Å². The monoisotopic (exact) mass is 432 g/mol. The highest BCUT2D eigenvalue weighted by Crippen LogP contribution is 2.36. The van der Waals surface area contributed by atoms with Crippen LogP contribution in [-0.2, 0) is 17.1 Å². The Morgan fingerprint density at radius 2 is 1.83 bits per heavy atom. The molecule has 2 heterocycles. The highest BCUT2D eigenvalue weighted by molar-refractivity contribution is 5.81. The maximum atomic E-state index is 13.2. The maximum absolute atomic E-state index is 13.2. The van der Waals surface area contributed by atoms with Gasteiger partial charge < -0.3 is 4.90 Å². The lowest BCUT2D eigenvalue weighted by Gasteiger charge is -2.34. The Bertz CT molecular complexity index is 899. The molecule has 1 aromatic heterocycles. The molecule has 2 N–H and O–H groups in total. The van der Waals surface area contributed by atoms with E-state index < -0.39 is 35.3 Å². The van der Waals surface area contributed by atoms with Crippen molar-refractivity contribution in [2.75, 3.05) is 23.4 Å². The van der Waals surface area contributed by atoms with E-state index in [2.05, 4.69) is 15.8 Å². The summed E-state index contributed by atoms with van der Waals surface area (Å²) in [5.41, 5.74) is 3.05. The summed E-state index contributed by atoms with van der Waals surface area (Å²) >= 11 is 0. The van der Waals surface area contributed by atoms with Gasteiger partial charge in [-0.3, -0.25) is 15.6 Å². The third kappa shape index (κ3) is 5.14. The van der Waals surface area contributed by atoms with E-state index in [1.54, 1.807) is 0 Å². The molecule has 3 rings (SSSR count). The number of hydrogen-bond acceptors (Lipinski definition) is 4. The van der Waals surface area contributed by atoms with Crippen LogP contribution in [0.15, 0.2) is 42.6 Å². The topological polar surface area (TPSA) is 57.3 Å². The first-order valence-corrected chi connectivity index (χ1v) is 9.06. The molecule has 2 aromatic rings. The Morgan fingerprint density at radius 1 is 1.07 bits per heavy atom. The van der Waals surface area contributed by atoms with Crippen molar-refractivity contribution in [2.45, 2.75) is 25.2 Å². The smallest absolute Gasteiger partial charge is 0.355 e. The summed E-state index contributed by atoms with van der Waals surface area (Å²) in [5.74, 6) is -1.42. The van der Waals surface area contributed by atoms with Crippen LogP contribution in [0.3, 0.4) is 0 Å². The van der Waals surface area contributed by atoms with E-state index in [1.165, 1.54) is 29.3 Å². The van der Waals surface area contributed by atoms with Gasteiger partial charge in [0.2, 0.25) is 5.91 Å². The van der Waals surface area contributed by atoms with Gasteiger partial charge in [0.25, 0.3) is 0 Å². The molecule has 30 heavy (non-hydrogen) atoms. The fraction of sp³-hybridized carbons (Fsp3) is 0.368. The zero-order valence-corrected chi connectivity index (χ0v) is 15.5. The SMILES string of the molecule is O=C(NNc1cccc(C(F)(F)F)c1)C1CCCN(c2ncccc2C(F)(F)F)C1. The third-order valence-corrected chi connectivity index (χ3v) is 4.70. The van der Waals surface area contributed by atoms with Crippen molar-refractivity contribution >= 4 is 17.4 Å². The van der Waals surface area contributed by atoms with E-state index in [1.807, 2.05) is 0 Å². The standard InChI is InChI=1S/C19H18F6N4O/c20-18(21,22)13-5-1-6-14(10-13)27-28-17(30)12-4-3-9-29(11-12)16-15(19(23,24)25)7-2-8-26-16/h1-2,5-8,10,12,27H,3-4,9,11H2,(H,28,30). The molecule has 1 aromatic carbocycles. The number of nitrogens with one attached hydrogen (secondary N) is 2. The van der Waals surface area contributed by atoms with E-state index in [-0.39, 0.29) is 18.1 Å². The second-order valence-corrected chi connectivity index (χ2v) is 6.85. The molecule has 1 fully saturated rings. The highest BCUT2D eigenvalue weighted by Gasteiger charge is 2.37. The van der Waals surface area contributed by atoms with Crippen LogP contribution < -0.4 is 15.8 Å². The molecule has 0 spiro atoms. The van der Waals surface area contributed by atoms with Gasteiger partial charge in [0, 0.05) is 19.3 Å². The fourth-order valence-electron chi connectivity index (χ4n) is 3.26. The Kier molecular flexibility index (Phi) is 6.09. The minimum Gasteiger partial charge on any atom is -0.355 e. The molecule has 0 saturated carbocycles. The second-order valence-electron chi connectivity index (χ2n) is 6.85. The summed E-state index contributed by atoms with van der Waals surface area (Å²) in [5, 5.41) is 0. The number of piperidine rings is 1. The number of carbonyl (C=O) groups is 1. The van der Waals surface area contributed by atoms with Gasteiger partial charge in [-0.2, -0.15) is 26.3 Å². The summed E-state index contributed by atoms with van der Waals surface area (Å²) in [7, 11) is 0. The number of benzene rings is 1. The van der Waals surface area contributed by atoms with Crippen LogP contribution in [0.4, 0.5) is 37.8 Å². The van der Waals surface area contributed by atoms with Crippen LogP contribution in [0.5, 0.6) is 0 Å². The number of alkyl halides is 6. The van der Waals surface area contributed by atoms with E-state index in [9.17, 15) is 31.1 Å². The number of anilines is 2. The highest BCUT2D eigenvalue weighted by atomic mass is 19.4. The molecule has 11 heteroatoms. The summed E-state index contributed by atoms with van der Waals surface area (Å²) < 4.78 is 78.1. The number of amides is 1. The van der Waals surface area contributed by atoms with E-state index in [0.717, 1.165) is 18.2 Å².